The summed E-state index contributed by atoms with van der Waals surface area (Å²) in [5, 5.41) is 32.3. The molecule has 4 aliphatic carbocycles. The van der Waals surface area contributed by atoms with Crippen LogP contribution in [0.15, 0.2) is 23.8 Å². The van der Waals surface area contributed by atoms with Gasteiger partial charge in [-0.3, -0.25) is 9.59 Å². The molecule has 0 aromatic carbocycles. The third-order valence-corrected chi connectivity index (χ3v) is 9.72. The second-order valence-corrected chi connectivity index (χ2v) is 10.4. The number of alkyl halides is 1. The molecule has 3 fully saturated rings. The van der Waals surface area contributed by atoms with Crippen LogP contribution in [0.3, 0.4) is 0 Å². The van der Waals surface area contributed by atoms with E-state index >= 15 is 0 Å². The SMILES string of the molecule is C[C@@H]1C[C@H]2[C@@H]3CCC4=CC(=O)C=C[C@]4(C)[C@@]3(Cl)C(O)C[C@]2(C)[C@@]1(O)C(=O)CO. The number of halogens is 1. The predicted octanol–water partition coefficient (Wildman–Crippen LogP) is 2.17. The van der Waals surface area contributed by atoms with E-state index < -0.39 is 39.8 Å². The number of hydrogen-bond acceptors (Lipinski definition) is 5. The molecule has 28 heavy (non-hydrogen) atoms. The van der Waals surface area contributed by atoms with Gasteiger partial charge in [-0.15, -0.1) is 11.6 Å². The molecule has 0 amide bonds. The Balaban J connectivity index is 1.84. The van der Waals surface area contributed by atoms with E-state index in [1.807, 2.05) is 26.8 Å². The van der Waals surface area contributed by atoms with Crippen LogP contribution in [0.1, 0.15) is 46.5 Å². The molecule has 0 spiro atoms. The first-order valence-electron chi connectivity index (χ1n) is 10.1. The van der Waals surface area contributed by atoms with E-state index in [4.69, 9.17) is 11.6 Å². The lowest BCUT2D eigenvalue weighted by Crippen LogP contribution is -2.69. The fraction of sp³-hybridized carbons (Fsp3) is 0.727. The fourth-order valence-electron chi connectivity index (χ4n) is 7.26. The molecule has 0 aliphatic heterocycles. The highest BCUT2D eigenvalue weighted by atomic mass is 35.5. The lowest BCUT2D eigenvalue weighted by molar-refractivity contribution is -0.179. The second kappa shape index (κ2) is 6.00. The van der Waals surface area contributed by atoms with Crippen LogP contribution < -0.4 is 0 Å². The van der Waals surface area contributed by atoms with Gasteiger partial charge in [0.1, 0.15) is 12.2 Å². The molecule has 4 aliphatic rings. The number of carbonyl (C=O) groups excluding carboxylic acids is 2. The minimum Gasteiger partial charge on any atom is -0.391 e. The van der Waals surface area contributed by atoms with Crippen LogP contribution in [0, 0.1) is 28.6 Å². The van der Waals surface area contributed by atoms with E-state index in [-0.39, 0.29) is 30.0 Å². The number of ketones is 2. The maximum Gasteiger partial charge on any atom is 0.190 e. The Morgan fingerprint density at radius 3 is 2.64 bits per heavy atom. The zero-order valence-corrected chi connectivity index (χ0v) is 17.4. The zero-order valence-electron chi connectivity index (χ0n) is 16.6. The van der Waals surface area contributed by atoms with Crippen LogP contribution in [0.4, 0.5) is 0 Å². The van der Waals surface area contributed by atoms with Gasteiger partial charge in [-0.25, -0.2) is 0 Å². The first-order valence-corrected chi connectivity index (χ1v) is 10.5. The van der Waals surface area contributed by atoms with Gasteiger partial charge in [-0.05, 0) is 55.6 Å². The molecular weight excluding hydrogens is 380 g/mol. The summed E-state index contributed by atoms with van der Waals surface area (Å²) in [5.74, 6) is -1.15. The lowest BCUT2D eigenvalue weighted by atomic mass is 9.45. The first-order chi connectivity index (χ1) is 13.0. The average molecular weight is 409 g/mol. The monoisotopic (exact) mass is 408 g/mol. The van der Waals surface area contributed by atoms with Gasteiger partial charge >= 0.3 is 0 Å². The van der Waals surface area contributed by atoms with Gasteiger partial charge in [-0.2, -0.15) is 0 Å². The summed E-state index contributed by atoms with van der Waals surface area (Å²) in [6.45, 7) is 4.97. The maximum absolute atomic E-state index is 12.6. The largest absolute Gasteiger partial charge is 0.391 e. The van der Waals surface area contributed by atoms with Gasteiger partial charge in [0, 0.05) is 10.8 Å². The standard InChI is InChI=1S/C22H29ClO5/c1-12-8-16-15-5-4-13-9-14(25)6-7-19(13,2)21(15,23)17(26)10-20(16,3)22(12,28)18(27)11-24/h6-7,9,12,15-17,24,26,28H,4-5,8,10-11H2,1-3H3/t12-,15+,16+,17?,19+,20+,21+,22+/m1/s1. The number of aliphatic hydroxyl groups is 3. The molecule has 0 bridgehead atoms. The first kappa shape index (κ1) is 20.3. The van der Waals surface area contributed by atoms with Crippen molar-refractivity contribution in [2.45, 2.75) is 63.0 Å². The third-order valence-electron chi connectivity index (χ3n) is 8.79. The van der Waals surface area contributed by atoms with Gasteiger partial charge in [0.05, 0.1) is 11.0 Å². The van der Waals surface area contributed by atoms with E-state index in [1.165, 1.54) is 6.08 Å². The normalized spacial score (nSPS) is 52.5. The maximum atomic E-state index is 12.6. The second-order valence-electron chi connectivity index (χ2n) is 9.75. The van der Waals surface area contributed by atoms with Crippen molar-refractivity contribution < 1.29 is 24.9 Å². The fourth-order valence-corrected chi connectivity index (χ4v) is 7.78. The molecule has 4 rings (SSSR count). The molecule has 8 atom stereocenters. The number of Topliss-reactive ketones (excluding diaryl/α,β-unsaturated/α-hetero) is 1. The summed E-state index contributed by atoms with van der Waals surface area (Å²) in [5.41, 5.74) is -2.25. The quantitative estimate of drug-likeness (QED) is 0.608. The molecule has 0 saturated heterocycles. The van der Waals surface area contributed by atoms with E-state index in [0.717, 1.165) is 5.57 Å². The smallest absolute Gasteiger partial charge is 0.190 e. The van der Waals surface area contributed by atoms with Crippen LogP contribution in [-0.2, 0) is 9.59 Å². The van der Waals surface area contributed by atoms with Crippen molar-refractivity contribution in [1.82, 2.24) is 0 Å². The van der Waals surface area contributed by atoms with Crippen LogP contribution in [0.25, 0.3) is 0 Å². The molecule has 0 radical (unpaired) electrons. The highest BCUT2D eigenvalue weighted by molar-refractivity contribution is 6.26. The van der Waals surface area contributed by atoms with Crippen molar-refractivity contribution in [3.05, 3.63) is 23.8 Å². The summed E-state index contributed by atoms with van der Waals surface area (Å²) < 4.78 is 0. The Morgan fingerprint density at radius 2 is 2.00 bits per heavy atom. The van der Waals surface area contributed by atoms with Crippen molar-refractivity contribution in [2.75, 3.05) is 6.61 Å². The van der Waals surface area contributed by atoms with Crippen LogP contribution in [-0.4, -0.2) is 50.1 Å². The predicted molar refractivity (Wildman–Crippen MR) is 105 cm³/mol. The van der Waals surface area contributed by atoms with Crippen LogP contribution in [0.5, 0.6) is 0 Å². The minimum atomic E-state index is -1.68. The molecule has 5 nitrogen and oxygen atoms in total. The summed E-state index contributed by atoms with van der Waals surface area (Å²) in [4.78, 5) is 23.5. The minimum absolute atomic E-state index is 0.0567. The molecule has 0 heterocycles. The van der Waals surface area contributed by atoms with Crippen molar-refractivity contribution in [2.24, 2.45) is 28.6 Å². The summed E-state index contributed by atoms with van der Waals surface area (Å²) in [6.07, 6.45) is 6.22. The Kier molecular flexibility index (Phi) is 4.35. The Labute approximate surface area is 170 Å². The van der Waals surface area contributed by atoms with Crippen LogP contribution in [0.2, 0.25) is 0 Å². The summed E-state index contributed by atoms with van der Waals surface area (Å²) in [7, 11) is 0. The van der Waals surface area contributed by atoms with Gasteiger partial charge in [0.15, 0.2) is 11.6 Å². The zero-order chi connectivity index (χ0) is 20.7. The molecule has 3 saturated carbocycles. The topological polar surface area (TPSA) is 94.8 Å². The van der Waals surface area contributed by atoms with Crippen molar-refractivity contribution in [3.63, 3.8) is 0 Å². The highest BCUT2D eigenvalue weighted by Crippen LogP contribution is 2.71. The summed E-state index contributed by atoms with van der Waals surface area (Å²) in [6, 6.07) is 0. The Bertz CT molecular complexity index is 805. The number of hydrogen-bond donors (Lipinski definition) is 3. The lowest BCUT2D eigenvalue weighted by Gasteiger charge is -2.63. The highest BCUT2D eigenvalue weighted by Gasteiger charge is 2.74. The molecular formula is C22H29ClO5. The number of aliphatic hydroxyl groups excluding tert-OH is 2. The number of carbonyl (C=O) groups is 2. The number of fused-ring (bicyclic) bond motifs is 5. The van der Waals surface area contributed by atoms with E-state index in [9.17, 15) is 24.9 Å². The van der Waals surface area contributed by atoms with Crippen LogP contribution >= 0.6 is 11.6 Å². The molecule has 154 valence electrons. The Morgan fingerprint density at radius 1 is 1.32 bits per heavy atom. The molecule has 1 unspecified atom stereocenters. The number of rotatable bonds is 2. The molecule has 6 heteroatoms. The third kappa shape index (κ3) is 2.09. The summed E-state index contributed by atoms with van der Waals surface area (Å²) >= 11 is 7.30. The van der Waals surface area contributed by atoms with Crippen molar-refractivity contribution >= 4 is 23.2 Å². The van der Waals surface area contributed by atoms with E-state index in [1.54, 1.807) is 6.08 Å². The van der Waals surface area contributed by atoms with Gasteiger partial charge in [-0.1, -0.05) is 32.4 Å². The van der Waals surface area contributed by atoms with Crippen molar-refractivity contribution in [1.29, 1.82) is 0 Å². The van der Waals surface area contributed by atoms with Crippen molar-refractivity contribution in [3.8, 4) is 0 Å². The number of allylic oxidation sites excluding steroid dienone is 4. The average Bonchev–Trinajstić information content (AvgIpc) is 2.84. The molecule has 0 aromatic rings. The van der Waals surface area contributed by atoms with Gasteiger partial charge < -0.3 is 15.3 Å². The van der Waals surface area contributed by atoms with Gasteiger partial charge in [0.2, 0.25) is 0 Å². The molecule has 0 aromatic heterocycles. The molecule has 3 N–H and O–H groups in total. The van der Waals surface area contributed by atoms with E-state index in [2.05, 4.69) is 0 Å². The van der Waals surface area contributed by atoms with Gasteiger partial charge in [0.25, 0.3) is 0 Å². The van der Waals surface area contributed by atoms with E-state index in [0.29, 0.717) is 19.3 Å². The Hall–Kier alpha value is -1.01.